The van der Waals surface area contributed by atoms with Crippen molar-refractivity contribution in [3.63, 3.8) is 0 Å². The van der Waals surface area contributed by atoms with Gasteiger partial charge in [-0.2, -0.15) is 5.26 Å². The summed E-state index contributed by atoms with van der Waals surface area (Å²) in [5.74, 6) is -2.16. The van der Waals surface area contributed by atoms with E-state index >= 15 is 0 Å². The molecular weight excluding hydrogens is 238 g/mol. The van der Waals surface area contributed by atoms with Crippen molar-refractivity contribution in [3.05, 3.63) is 41.0 Å². The SMILES string of the molecule is CC(=O)NCCC=Cc1cc(F)c(F)cc1C#N. The largest absolute Gasteiger partial charge is 0.356 e. The number of hydrogen-bond acceptors (Lipinski definition) is 2. The molecule has 3 nitrogen and oxygen atoms in total. The maximum Gasteiger partial charge on any atom is 0.216 e. The van der Waals surface area contributed by atoms with E-state index in [-0.39, 0.29) is 11.5 Å². The minimum absolute atomic E-state index is 0.0738. The number of amides is 1. The van der Waals surface area contributed by atoms with E-state index in [2.05, 4.69) is 5.32 Å². The number of benzene rings is 1. The molecule has 0 aromatic heterocycles. The van der Waals surface area contributed by atoms with Crippen molar-refractivity contribution >= 4 is 12.0 Å². The first-order valence-electron chi connectivity index (χ1n) is 5.34. The molecule has 0 spiro atoms. The molecule has 18 heavy (non-hydrogen) atoms. The summed E-state index contributed by atoms with van der Waals surface area (Å²) in [6.07, 6.45) is 3.76. The van der Waals surface area contributed by atoms with Gasteiger partial charge in [0.2, 0.25) is 5.91 Å². The van der Waals surface area contributed by atoms with Gasteiger partial charge in [-0.15, -0.1) is 0 Å². The van der Waals surface area contributed by atoms with E-state index in [0.29, 0.717) is 18.5 Å². The summed E-state index contributed by atoms with van der Waals surface area (Å²) in [6.45, 7) is 1.87. The van der Waals surface area contributed by atoms with Gasteiger partial charge in [-0.1, -0.05) is 12.2 Å². The highest BCUT2D eigenvalue weighted by Crippen LogP contribution is 2.15. The molecule has 0 aliphatic rings. The van der Waals surface area contributed by atoms with Crippen molar-refractivity contribution in [2.75, 3.05) is 6.54 Å². The van der Waals surface area contributed by atoms with Crippen LogP contribution in [0.2, 0.25) is 0 Å². The number of carbonyl (C=O) groups is 1. The Hall–Kier alpha value is -2.22. The zero-order valence-electron chi connectivity index (χ0n) is 9.84. The van der Waals surface area contributed by atoms with Gasteiger partial charge in [-0.3, -0.25) is 4.79 Å². The Bertz CT molecular complexity index is 518. The zero-order chi connectivity index (χ0) is 13.5. The average molecular weight is 250 g/mol. The van der Waals surface area contributed by atoms with Crippen molar-refractivity contribution in [1.29, 1.82) is 5.26 Å². The predicted octanol–water partition coefficient (Wildman–Crippen LogP) is 2.38. The molecule has 1 rings (SSSR count). The third kappa shape index (κ3) is 3.98. The Balaban J connectivity index is 2.72. The highest BCUT2D eigenvalue weighted by molar-refractivity contribution is 5.72. The van der Waals surface area contributed by atoms with E-state index in [1.165, 1.54) is 13.0 Å². The summed E-state index contributed by atoms with van der Waals surface area (Å²) in [6, 6.07) is 3.63. The molecule has 1 aromatic carbocycles. The predicted molar refractivity (Wildman–Crippen MR) is 63.4 cm³/mol. The molecule has 0 fully saturated rings. The smallest absolute Gasteiger partial charge is 0.216 e. The van der Waals surface area contributed by atoms with Gasteiger partial charge in [0.15, 0.2) is 11.6 Å². The molecule has 0 saturated heterocycles. The molecule has 0 aliphatic heterocycles. The first-order chi connectivity index (χ1) is 8.54. The lowest BCUT2D eigenvalue weighted by atomic mass is 10.1. The third-order valence-corrected chi connectivity index (χ3v) is 2.20. The van der Waals surface area contributed by atoms with Gasteiger partial charge in [0.1, 0.15) is 0 Å². The summed E-state index contributed by atoms with van der Waals surface area (Å²) in [4.78, 5) is 10.6. The lowest BCUT2D eigenvalue weighted by Crippen LogP contribution is -2.20. The molecule has 0 heterocycles. The van der Waals surface area contributed by atoms with Crippen LogP contribution in [0.4, 0.5) is 8.78 Å². The highest BCUT2D eigenvalue weighted by atomic mass is 19.2. The molecule has 1 amide bonds. The summed E-state index contributed by atoms with van der Waals surface area (Å²) in [7, 11) is 0. The number of nitrogens with zero attached hydrogens (tertiary/aromatic N) is 1. The molecule has 0 bridgehead atoms. The summed E-state index contributed by atoms with van der Waals surface area (Å²) in [5.41, 5.74) is 0.393. The van der Waals surface area contributed by atoms with Crippen LogP contribution in [0.25, 0.3) is 6.08 Å². The van der Waals surface area contributed by atoms with Gasteiger partial charge in [-0.05, 0) is 24.1 Å². The zero-order valence-corrected chi connectivity index (χ0v) is 9.84. The molecule has 1 N–H and O–H groups in total. The van der Waals surface area contributed by atoms with E-state index in [4.69, 9.17) is 5.26 Å². The van der Waals surface area contributed by atoms with Crippen LogP contribution in [0.1, 0.15) is 24.5 Å². The Kier molecular flexibility index (Phi) is 5.00. The molecule has 1 aromatic rings. The molecule has 5 heteroatoms. The summed E-state index contributed by atoms with van der Waals surface area (Å²) in [5, 5.41) is 11.4. The summed E-state index contributed by atoms with van der Waals surface area (Å²) < 4.78 is 25.9. The normalized spacial score (nSPS) is 10.3. The van der Waals surface area contributed by atoms with Crippen LogP contribution in [0.5, 0.6) is 0 Å². The fourth-order valence-corrected chi connectivity index (χ4v) is 1.34. The monoisotopic (exact) mass is 250 g/mol. The Morgan fingerprint density at radius 1 is 1.44 bits per heavy atom. The molecule has 0 saturated carbocycles. The molecule has 94 valence electrons. The first-order valence-corrected chi connectivity index (χ1v) is 5.34. The lowest BCUT2D eigenvalue weighted by molar-refractivity contribution is -0.118. The van der Waals surface area contributed by atoms with Crippen LogP contribution in [-0.4, -0.2) is 12.5 Å². The summed E-state index contributed by atoms with van der Waals surface area (Å²) >= 11 is 0. The van der Waals surface area contributed by atoms with Gasteiger partial charge in [0.05, 0.1) is 11.6 Å². The molecule has 0 atom stereocenters. The third-order valence-electron chi connectivity index (χ3n) is 2.20. The van der Waals surface area contributed by atoms with Crippen molar-refractivity contribution in [1.82, 2.24) is 5.32 Å². The van der Waals surface area contributed by atoms with Gasteiger partial charge in [0, 0.05) is 13.5 Å². The number of rotatable bonds is 4. The van der Waals surface area contributed by atoms with Crippen LogP contribution in [-0.2, 0) is 4.79 Å². The number of hydrogen-bond donors (Lipinski definition) is 1. The van der Waals surface area contributed by atoms with E-state index in [9.17, 15) is 13.6 Å². The lowest BCUT2D eigenvalue weighted by Gasteiger charge is -2.00. The first kappa shape index (κ1) is 13.8. The Morgan fingerprint density at radius 3 is 2.72 bits per heavy atom. The van der Waals surface area contributed by atoms with E-state index < -0.39 is 11.6 Å². The van der Waals surface area contributed by atoms with Crippen LogP contribution < -0.4 is 5.32 Å². The van der Waals surface area contributed by atoms with E-state index in [1.807, 2.05) is 0 Å². The van der Waals surface area contributed by atoms with Gasteiger partial charge < -0.3 is 5.32 Å². The Morgan fingerprint density at radius 2 is 2.11 bits per heavy atom. The van der Waals surface area contributed by atoms with Crippen molar-refractivity contribution in [2.45, 2.75) is 13.3 Å². The van der Waals surface area contributed by atoms with Crippen molar-refractivity contribution < 1.29 is 13.6 Å². The van der Waals surface area contributed by atoms with Crippen LogP contribution in [0.3, 0.4) is 0 Å². The molecular formula is C13H12F2N2O. The maximum atomic E-state index is 13.0. The minimum Gasteiger partial charge on any atom is -0.356 e. The minimum atomic E-state index is -1.04. The van der Waals surface area contributed by atoms with Crippen LogP contribution in [0, 0.1) is 23.0 Å². The molecule has 0 aliphatic carbocycles. The Labute approximate surface area is 104 Å². The van der Waals surface area contributed by atoms with Crippen molar-refractivity contribution in [2.24, 2.45) is 0 Å². The average Bonchev–Trinajstić information content (AvgIpc) is 2.32. The number of nitrogens with one attached hydrogen (secondary N) is 1. The molecule has 0 unspecified atom stereocenters. The second-order valence-electron chi connectivity index (χ2n) is 3.64. The van der Waals surface area contributed by atoms with E-state index in [0.717, 1.165) is 12.1 Å². The maximum absolute atomic E-state index is 13.0. The topological polar surface area (TPSA) is 52.9 Å². The molecule has 0 radical (unpaired) electrons. The quantitative estimate of drug-likeness (QED) is 0.834. The van der Waals surface area contributed by atoms with E-state index in [1.54, 1.807) is 12.1 Å². The number of halogens is 2. The fourth-order valence-electron chi connectivity index (χ4n) is 1.34. The fraction of sp³-hybridized carbons (Fsp3) is 0.231. The van der Waals surface area contributed by atoms with Crippen LogP contribution in [0.15, 0.2) is 18.2 Å². The number of carbonyl (C=O) groups excluding carboxylic acids is 1. The highest BCUT2D eigenvalue weighted by Gasteiger charge is 2.07. The second-order valence-corrected chi connectivity index (χ2v) is 3.64. The van der Waals surface area contributed by atoms with Gasteiger partial charge in [0.25, 0.3) is 0 Å². The van der Waals surface area contributed by atoms with Gasteiger partial charge in [-0.25, -0.2) is 8.78 Å². The van der Waals surface area contributed by atoms with Crippen LogP contribution >= 0.6 is 0 Å². The number of nitriles is 1. The second kappa shape index (κ2) is 6.50. The van der Waals surface area contributed by atoms with Crippen molar-refractivity contribution in [3.8, 4) is 6.07 Å². The van der Waals surface area contributed by atoms with Gasteiger partial charge >= 0.3 is 0 Å². The standard InChI is InChI=1S/C13H12F2N2O/c1-9(18)17-5-3-2-4-10-6-12(14)13(15)7-11(10)8-16/h2,4,6-7H,3,5H2,1H3,(H,17,18).